The Morgan fingerprint density at radius 2 is 1.79 bits per heavy atom. The van der Waals surface area contributed by atoms with Crippen LogP contribution < -0.4 is 14.8 Å². The minimum Gasteiger partial charge on any atom is -0.497 e. The van der Waals surface area contributed by atoms with Crippen LogP contribution >= 0.6 is 0 Å². The van der Waals surface area contributed by atoms with Crippen LogP contribution in [0.2, 0.25) is 0 Å². The van der Waals surface area contributed by atoms with Gasteiger partial charge < -0.3 is 14.8 Å². The summed E-state index contributed by atoms with van der Waals surface area (Å²) in [5.74, 6) is 1.17. The van der Waals surface area contributed by atoms with E-state index in [1.54, 1.807) is 32.4 Å². The molecule has 0 aliphatic rings. The number of methoxy groups -OCH3 is 2. The molecule has 1 N–H and O–H groups in total. The maximum absolute atomic E-state index is 12.3. The SMILES string of the molecule is COc1ccc(OC)c(NC(=O)CN(C)Cc2ccc(C)cc2)c1. The molecule has 0 aromatic heterocycles. The second-order valence-electron chi connectivity index (χ2n) is 5.77. The van der Waals surface area contributed by atoms with Gasteiger partial charge in [0.05, 0.1) is 26.5 Å². The van der Waals surface area contributed by atoms with Crippen LogP contribution in [0.5, 0.6) is 11.5 Å². The third-order valence-corrected chi connectivity index (χ3v) is 3.67. The van der Waals surface area contributed by atoms with E-state index in [0.29, 0.717) is 23.7 Å². The minimum absolute atomic E-state index is 0.101. The molecule has 0 saturated heterocycles. The Kier molecular flexibility index (Phi) is 6.21. The number of rotatable bonds is 7. The highest BCUT2D eigenvalue weighted by molar-refractivity contribution is 5.93. The van der Waals surface area contributed by atoms with Crippen LogP contribution in [0.1, 0.15) is 11.1 Å². The first-order valence-corrected chi connectivity index (χ1v) is 7.78. The molecule has 0 bridgehead atoms. The van der Waals surface area contributed by atoms with Crippen molar-refractivity contribution in [2.45, 2.75) is 13.5 Å². The molecule has 0 radical (unpaired) electrons. The average molecular weight is 328 g/mol. The van der Waals surface area contributed by atoms with Gasteiger partial charge in [-0.15, -0.1) is 0 Å². The Morgan fingerprint density at radius 3 is 2.42 bits per heavy atom. The van der Waals surface area contributed by atoms with Crippen LogP contribution in [-0.4, -0.2) is 38.6 Å². The lowest BCUT2D eigenvalue weighted by Gasteiger charge is -2.17. The second kappa shape index (κ2) is 8.36. The summed E-state index contributed by atoms with van der Waals surface area (Å²) < 4.78 is 10.5. The summed E-state index contributed by atoms with van der Waals surface area (Å²) in [6.07, 6.45) is 0. The van der Waals surface area contributed by atoms with Crippen molar-refractivity contribution in [1.29, 1.82) is 0 Å². The maximum Gasteiger partial charge on any atom is 0.238 e. The fourth-order valence-corrected chi connectivity index (χ4v) is 2.41. The molecule has 0 saturated carbocycles. The molecule has 5 nitrogen and oxygen atoms in total. The van der Waals surface area contributed by atoms with Crippen LogP contribution in [-0.2, 0) is 11.3 Å². The van der Waals surface area contributed by atoms with E-state index < -0.39 is 0 Å². The highest BCUT2D eigenvalue weighted by Crippen LogP contribution is 2.28. The number of hydrogen-bond donors (Lipinski definition) is 1. The summed E-state index contributed by atoms with van der Waals surface area (Å²) in [5.41, 5.74) is 3.00. The van der Waals surface area contributed by atoms with E-state index in [2.05, 4.69) is 36.5 Å². The molecule has 2 aromatic carbocycles. The topological polar surface area (TPSA) is 50.8 Å². The van der Waals surface area contributed by atoms with Gasteiger partial charge in [-0.25, -0.2) is 0 Å². The van der Waals surface area contributed by atoms with Gasteiger partial charge in [-0.3, -0.25) is 9.69 Å². The zero-order valence-electron chi connectivity index (χ0n) is 14.6. The Bertz CT molecular complexity index is 684. The van der Waals surface area contributed by atoms with E-state index >= 15 is 0 Å². The summed E-state index contributed by atoms with van der Waals surface area (Å²) in [7, 11) is 5.08. The molecule has 0 atom stereocenters. The zero-order chi connectivity index (χ0) is 17.5. The first-order chi connectivity index (χ1) is 11.5. The van der Waals surface area contributed by atoms with Gasteiger partial charge in [0.2, 0.25) is 5.91 Å². The molecule has 0 aliphatic carbocycles. The molecule has 0 fully saturated rings. The van der Waals surface area contributed by atoms with Crippen LogP contribution in [0, 0.1) is 6.92 Å². The van der Waals surface area contributed by atoms with Crippen LogP contribution in [0.3, 0.4) is 0 Å². The Labute approximate surface area is 143 Å². The van der Waals surface area contributed by atoms with Gasteiger partial charge in [0, 0.05) is 12.6 Å². The maximum atomic E-state index is 12.3. The van der Waals surface area contributed by atoms with Gasteiger partial charge in [-0.1, -0.05) is 29.8 Å². The fourth-order valence-electron chi connectivity index (χ4n) is 2.41. The summed E-state index contributed by atoms with van der Waals surface area (Å²) in [4.78, 5) is 14.3. The molecule has 1 amide bonds. The first kappa shape index (κ1) is 17.8. The molecule has 24 heavy (non-hydrogen) atoms. The Hall–Kier alpha value is -2.53. The van der Waals surface area contributed by atoms with Crippen molar-refractivity contribution < 1.29 is 14.3 Å². The number of ether oxygens (including phenoxy) is 2. The third kappa shape index (κ3) is 4.99. The van der Waals surface area contributed by atoms with Crippen molar-refractivity contribution in [3.8, 4) is 11.5 Å². The van der Waals surface area contributed by atoms with E-state index in [1.165, 1.54) is 11.1 Å². The summed E-state index contributed by atoms with van der Waals surface area (Å²) in [6.45, 7) is 3.06. The van der Waals surface area contributed by atoms with E-state index in [1.807, 2.05) is 11.9 Å². The monoisotopic (exact) mass is 328 g/mol. The van der Waals surface area contributed by atoms with E-state index in [4.69, 9.17) is 9.47 Å². The van der Waals surface area contributed by atoms with E-state index in [9.17, 15) is 4.79 Å². The van der Waals surface area contributed by atoms with Crippen molar-refractivity contribution in [2.75, 3.05) is 33.1 Å². The summed E-state index contributed by atoms with van der Waals surface area (Å²) in [6, 6.07) is 13.6. The number of nitrogens with one attached hydrogen (secondary N) is 1. The predicted molar refractivity (Wildman–Crippen MR) is 95.7 cm³/mol. The number of nitrogens with zero attached hydrogens (tertiary/aromatic N) is 1. The van der Waals surface area contributed by atoms with Crippen LogP contribution in [0.25, 0.3) is 0 Å². The molecule has 2 rings (SSSR count). The highest BCUT2D eigenvalue weighted by atomic mass is 16.5. The lowest BCUT2D eigenvalue weighted by Crippen LogP contribution is -2.30. The molecular weight excluding hydrogens is 304 g/mol. The van der Waals surface area contributed by atoms with Crippen molar-refractivity contribution >= 4 is 11.6 Å². The molecule has 0 unspecified atom stereocenters. The Morgan fingerprint density at radius 1 is 1.08 bits per heavy atom. The average Bonchev–Trinajstić information content (AvgIpc) is 2.56. The molecule has 0 aliphatic heterocycles. The first-order valence-electron chi connectivity index (χ1n) is 7.78. The zero-order valence-corrected chi connectivity index (χ0v) is 14.6. The summed E-state index contributed by atoms with van der Waals surface area (Å²) >= 11 is 0. The summed E-state index contributed by atoms with van der Waals surface area (Å²) in [5, 5.41) is 2.88. The van der Waals surface area contributed by atoms with Crippen LogP contribution in [0.4, 0.5) is 5.69 Å². The van der Waals surface area contributed by atoms with Gasteiger partial charge in [0.25, 0.3) is 0 Å². The van der Waals surface area contributed by atoms with Crippen molar-refractivity contribution in [3.05, 3.63) is 53.6 Å². The number of aryl methyl sites for hydroxylation is 1. The second-order valence-corrected chi connectivity index (χ2v) is 5.77. The number of carbonyl (C=O) groups excluding carboxylic acids is 1. The third-order valence-electron chi connectivity index (χ3n) is 3.67. The van der Waals surface area contributed by atoms with E-state index in [0.717, 1.165) is 0 Å². The molecule has 5 heteroatoms. The lowest BCUT2D eigenvalue weighted by atomic mass is 10.1. The van der Waals surface area contributed by atoms with Crippen molar-refractivity contribution in [1.82, 2.24) is 4.90 Å². The smallest absolute Gasteiger partial charge is 0.238 e. The Balaban J connectivity index is 1.96. The predicted octanol–water partition coefficient (Wildman–Crippen LogP) is 3.08. The van der Waals surface area contributed by atoms with Gasteiger partial charge in [-0.05, 0) is 31.7 Å². The number of likely N-dealkylation sites (N-methyl/N-ethyl adjacent to an activating group) is 1. The standard InChI is InChI=1S/C19H24N2O3/c1-14-5-7-15(8-6-14)12-21(2)13-19(22)20-17-11-16(23-3)9-10-18(17)24-4/h5-11H,12-13H2,1-4H3,(H,20,22). The molecule has 128 valence electrons. The number of hydrogen-bond acceptors (Lipinski definition) is 4. The van der Waals surface area contributed by atoms with Gasteiger partial charge in [0.1, 0.15) is 11.5 Å². The lowest BCUT2D eigenvalue weighted by molar-refractivity contribution is -0.117. The largest absolute Gasteiger partial charge is 0.497 e. The number of amides is 1. The van der Waals surface area contributed by atoms with Gasteiger partial charge in [-0.2, -0.15) is 0 Å². The molecule has 2 aromatic rings. The fraction of sp³-hybridized carbons (Fsp3) is 0.316. The minimum atomic E-state index is -0.101. The number of anilines is 1. The quantitative estimate of drug-likeness (QED) is 0.848. The van der Waals surface area contributed by atoms with Gasteiger partial charge in [0.15, 0.2) is 0 Å². The van der Waals surface area contributed by atoms with Crippen LogP contribution in [0.15, 0.2) is 42.5 Å². The molecule has 0 spiro atoms. The normalized spacial score (nSPS) is 10.5. The van der Waals surface area contributed by atoms with Crippen molar-refractivity contribution in [3.63, 3.8) is 0 Å². The molecular formula is C19H24N2O3. The molecule has 0 heterocycles. The van der Waals surface area contributed by atoms with Crippen molar-refractivity contribution in [2.24, 2.45) is 0 Å². The number of benzene rings is 2. The van der Waals surface area contributed by atoms with E-state index in [-0.39, 0.29) is 12.5 Å². The number of carbonyl (C=O) groups is 1. The highest BCUT2D eigenvalue weighted by Gasteiger charge is 2.11. The van der Waals surface area contributed by atoms with Gasteiger partial charge >= 0.3 is 0 Å².